The number of thioether (sulfide) groups is 1. The van der Waals surface area contributed by atoms with Gasteiger partial charge in [0, 0.05) is 13.1 Å². The average molecular weight is 443 g/mol. The molecule has 1 aromatic carbocycles. The molecule has 1 aliphatic rings. The van der Waals surface area contributed by atoms with Crippen molar-refractivity contribution in [3.05, 3.63) is 60.1 Å². The van der Waals surface area contributed by atoms with E-state index in [4.69, 9.17) is 4.42 Å². The maximum absolute atomic E-state index is 12.9. The Labute approximate surface area is 185 Å². The van der Waals surface area contributed by atoms with Gasteiger partial charge in [-0.05, 0) is 49.8 Å². The first-order valence-corrected chi connectivity index (χ1v) is 12.0. The number of hydrogen-bond acceptors (Lipinski definition) is 7. The Morgan fingerprint density at radius 2 is 2.03 bits per heavy atom. The summed E-state index contributed by atoms with van der Waals surface area (Å²) in [5.41, 5.74) is 1.39. The molecule has 1 atom stereocenters. The van der Waals surface area contributed by atoms with Crippen LogP contribution in [0, 0.1) is 5.92 Å². The minimum Gasteiger partial charge on any atom is -0.467 e. The first-order valence-electron chi connectivity index (χ1n) is 10.3. The Balaban J connectivity index is 1.22. The largest absolute Gasteiger partial charge is 0.467 e. The van der Waals surface area contributed by atoms with E-state index in [1.54, 1.807) is 6.26 Å². The number of hydrogen-bond donors (Lipinski definition) is 1. The van der Waals surface area contributed by atoms with Gasteiger partial charge in [-0.1, -0.05) is 53.4 Å². The fourth-order valence-corrected chi connectivity index (χ4v) is 5.64. The number of carbonyl (C=O) groups is 1. The molecule has 30 heavy (non-hydrogen) atoms. The number of piperidine rings is 1. The van der Waals surface area contributed by atoms with E-state index in [1.807, 2.05) is 24.0 Å². The molecule has 2 aromatic heterocycles. The molecule has 1 amide bonds. The molecule has 1 saturated heterocycles. The molecule has 3 aromatic rings. The molecule has 4 rings (SSSR count). The van der Waals surface area contributed by atoms with E-state index in [9.17, 15) is 4.79 Å². The summed E-state index contributed by atoms with van der Waals surface area (Å²) < 4.78 is 6.11. The monoisotopic (exact) mass is 442 g/mol. The fraction of sp³-hybridized carbons (Fsp3) is 0.409. The van der Waals surface area contributed by atoms with Crippen LogP contribution in [0.5, 0.6) is 0 Å². The number of amides is 1. The molecule has 3 heterocycles. The van der Waals surface area contributed by atoms with E-state index in [0.717, 1.165) is 47.6 Å². The highest BCUT2D eigenvalue weighted by molar-refractivity contribution is 8.02. The lowest BCUT2D eigenvalue weighted by Crippen LogP contribution is -2.42. The topological polar surface area (TPSA) is 71.3 Å². The Bertz CT molecular complexity index is 922. The van der Waals surface area contributed by atoms with Crippen molar-refractivity contribution in [2.24, 2.45) is 5.92 Å². The van der Waals surface area contributed by atoms with Gasteiger partial charge < -0.3 is 14.6 Å². The summed E-state index contributed by atoms with van der Waals surface area (Å²) in [7, 11) is 0. The number of likely N-dealkylation sites (tertiary alicyclic amines) is 1. The predicted octanol–water partition coefficient (Wildman–Crippen LogP) is 4.71. The molecule has 0 spiro atoms. The van der Waals surface area contributed by atoms with Crippen molar-refractivity contribution < 1.29 is 9.21 Å². The van der Waals surface area contributed by atoms with Crippen molar-refractivity contribution in [2.45, 2.75) is 42.3 Å². The van der Waals surface area contributed by atoms with Crippen LogP contribution in [0.4, 0.5) is 5.13 Å². The zero-order valence-electron chi connectivity index (χ0n) is 17.0. The standard InChI is InChI=1S/C22H26N4O2S2/c1-16(29-22-25-24-21(30-22)23-15-19-8-5-13-28-19)20(27)26-11-9-18(10-12-26)14-17-6-3-2-4-7-17/h2-8,13,16,18H,9-12,14-15H2,1H3,(H,23,24). The van der Waals surface area contributed by atoms with Gasteiger partial charge in [0.05, 0.1) is 18.1 Å². The quantitative estimate of drug-likeness (QED) is 0.510. The van der Waals surface area contributed by atoms with E-state index < -0.39 is 0 Å². The maximum atomic E-state index is 12.9. The van der Waals surface area contributed by atoms with Crippen LogP contribution in [-0.2, 0) is 17.8 Å². The van der Waals surface area contributed by atoms with Crippen LogP contribution in [0.1, 0.15) is 31.1 Å². The van der Waals surface area contributed by atoms with E-state index in [-0.39, 0.29) is 11.2 Å². The van der Waals surface area contributed by atoms with Crippen LogP contribution in [0.15, 0.2) is 57.5 Å². The van der Waals surface area contributed by atoms with Crippen molar-refractivity contribution in [3.63, 3.8) is 0 Å². The smallest absolute Gasteiger partial charge is 0.235 e. The van der Waals surface area contributed by atoms with Gasteiger partial charge in [0.1, 0.15) is 5.76 Å². The highest BCUT2D eigenvalue weighted by Crippen LogP contribution is 2.31. The van der Waals surface area contributed by atoms with Crippen LogP contribution in [0.3, 0.4) is 0 Å². The van der Waals surface area contributed by atoms with Crippen LogP contribution in [0.2, 0.25) is 0 Å². The number of nitrogens with zero attached hydrogens (tertiary/aromatic N) is 3. The summed E-state index contributed by atoms with van der Waals surface area (Å²) in [5, 5.41) is 12.1. The molecule has 0 radical (unpaired) electrons. The second kappa shape index (κ2) is 10.1. The molecule has 1 N–H and O–H groups in total. The summed E-state index contributed by atoms with van der Waals surface area (Å²) in [4.78, 5) is 14.9. The Morgan fingerprint density at radius 1 is 1.23 bits per heavy atom. The van der Waals surface area contributed by atoms with Gasteiger partial charge in [-0.2, -0.15) is 0 Å². The molecule has 8 heteroatoms. The van der Waals surface area contributed by atoms with Crippen LogP contribution >= 0.6 is 23.1 Å². The Morgan fingerprint density at radius 3 is 2.77 bits per heavy atom. The van der Waals surface area contributed by atoms with Gasteiger partial charge in [0.25, 0.3) is 0 Å². The number of aromatic nitrogens is 2. The number of rotatable bonds is 8. The highest BCUT2D eigenvalue weighted by Gasteiger charge is 2.27. The third-order valence-corrected chi connectivity index (χ3v) is 7.37. The molecule has 1 unspecified atom stereocenters. The summed E-state index contributed by atoms with van der Waals surface area (Å²) >= 11 is 2.95. The van der Waals surface area contributed by atoms with Gasteiger partial charge in [0.2, 0.25) is 11.0 Å². The molecular weight excluding hydrogens is 416 g/mol. The summed E-state index contributed by atoms with van der Waals surface area (Å²) in [6.45, 7) is 4.21. The van der Waals surface area contributed by atoms with Gasteiger partial charge in [0.15, 0.2) is 4.34 Å². The normalized spacial score (nSPS) is 15.8. The molecule has 158 valence electrons. The van der Waals surface area contributed by atoms with Crippen molar-refractivity contribution in [3.8, 4) is 0 Å². The van der Waals surface area contributed by atoms with E-state index >= 15 is 0 Å². The molecular formula is C22H26N4O2S2. The third-order valence-electron chi connectivity index (χ3n) is 5.32. The molecule has 0 bridgehead atoms. The van der Waals surface area contributed by atoms with Crippen LogP contribution in [0.25, 0.3) is 0 Å². The molecule has 1 fully saturated rings. The third kappa shape index (κ3) is 5.64. The highest BCUT2D eigenvalue weighted by atomic mass is 32.2. The van der Waals surface area contributed by atoms with Crippen molar-refractivity contribution >= 4 is 34.1 Å². The van der Waals surface area contributed by atoms with Crippen molar-refractivity contribution in [1.29, 1.82) is 0 Å². The zero-order valence-corrected chi connectivity index (χ0v) is 18.6. The molecule has 1 aliphatic heterocycles. The van der Waals surface area contributed by atoms with Gasteiger partial charge in [-0.25, -0.2) is 0 Å². The number of anilines is 1. The summed E-state index contributed by atoms with van der Waals surface area (Å²) in [5.74, 6) is 1.70. The van der Waals surface area contributed by atoms with Crippen LogP contribution in [-0.4, -0.2) is 39.3 Å². The lowest BCUT2D eigenvalue weighted by Gasteiger charge is -2.33. The van der Waals surface area contributed by atoms with Crippen LogP contribution < -0.4 is 5.32 Å². The first kappa shape index (κ1) is 20.9. The lowest BCUT2D eigenvalue weighted by molar-refractivity contribution is -0.131. The van der Waals surface area contributed by atoms with E-state index in [1.165, 1.54) is 28.7 Å². The second-order valence-corrected chi connectivity index (χ2v) is 10.1. The summed E-state index contributed by atoms with van der Waals surface area (Å²) in [6, 6.07) is 14.4. The van der Waals surface area contributed by atoms with E-state index in [0.29, 0.717) is 12.5 Å². The minimum atomic E-state index is -0.165. The first-order chi connectivity index (χ1) is 14.7. The summed E-state index contributed by atoms with van der Waals surface area (Å²) in [6.07, 6.45) is 4.89. The zero-order chi connectivity index (χ0) is 20.8. The number of nitrogens with one attached hydrogen (secondary N) is 1. The Hall–Kier alpha value is -2.32. The lowest BCUT2D eigenvalue weighted by atomic mass is 9.90. The second-order valence-electron chi connectivity index (χ2n) is 7.52. The van der Waals surface area contributed by atoms with Gasteiger partial charge >= 0.3 is 0 Å². The number of carbonyl (C=O) groups excluding carboxylic acids is 1. The molecule has 6 nitrogen and oxygen atoms in total. The SMILES string of the molecule is CC(Sc1nnc(NCc2ccco2)s1)C(=O)N1CCC(Cc2ccccc2)CC1. The van der Waals surface area contributed by atoms with E-state index in [2.05, 4.69) is 45.8 Å². The predicted molar refractivity (Wildman–Crippen MR) is 121 cm³/mol. The van der Waals surface area contributed by atoms with Crippen molar-refractivity contribution in [1.82, 2.24) is 15.1 Å². The van der Waals surface area contributed by atoms with Gasteiger partial charge in [-0.3, -0.25) is 4.79 Å². The maximum Gasteiger partial charge on any atom is 0.235 e. The van der Waals surface area contributed by atoms with Crippen molar-refractivity contribution in [2.75, 3.05) is 18.4 Å². The Kier molecular flexibility index (Phi) is 7.07. The molecule has 0 aliphatic carbocycles. The molecule has 0 saturated carbocycles. The minimum absolute atomic E-state index is 0.165. The van der Waals surface area contributed by atoms with Gasteiger partial charge in [-0.15, -0.1) is 10.2 Å². The fourth-order valence-electron chi connectivity index (χ4n) is 3.67. The number of benzene rings is 1. The number of furan rings is 1. The average Bonchev–Trinajstić information content (AvgIpc) is 3.45.